The Hall–Kier alpha value is -3.33. The Balaban J connectivity index is 1.82. The minimum Gasteiger partial charge on any atom is -0.485 e. The first kappa shape index (κ1) is 20.4. The van der Waals surface area contributed by atoms with E-state index in [0.29, 0.717) is 29.0 Å². The first-order chi connectivity index (χ1) is 14.0. The normalized spacial score (nSPS) is 12.0. The summed E-state index contributed by atoms with van der Waals surface area (Å²) in [7, 11) is 1.52. The molecule has 0 spiro atoms. The Kier molecular flexibility index (Phi) is 6.50. The van der Waals surface area contributed by atoms with Gasteiger partial charge in [0.2, 0.25) is 5.88 Å². The van der Waals surface area contributed by atoms with Crippen LogP contribution in [0.4, 0.5) is 0 Å². The van der Waals surface area contributed by atoms with Crippen LogP contribution in [0.3, 0.4) is 0 Å². The monoisotopic (exact) mass is 397 g/mol. The van der Waals surface area contributed by atoms with E-state index in [-0.39, 0.29) is 18.5 Å². The molecule has 1 atom stereocenters. The second-order valence-corrected chi connectivity index (χ2v) is 6.49. The molecule has 0 radical (unpaired) electrons. The molecule has 0 saturated heterocycles. The number of methoxy groups -OCH3 is 1. The van der Waals surface area contributed by atoms with E-state index in [0.717, 1.165) is 5.69 Å². The number of aldehydes is 1. The summed E-state index contributed by atoms with van der Waals surface area (Å²) in [6.07, 6.45) is 6.59. The molecule has 3 rings (SSSR count). The summed E-state index contributed by atoms with van der Waals surface area (Å²) in [6.45, 7) is 5.92. The van der Waals surface area contributed by atoms with Crippen molar-refractivity contribution >= 4 is 6.29 Å². The highest BCUT2D eigenvalue weighted by molar-refractivity contribution is 5.79. The van der Waals surface area contributed by atoms with E-state index in [9.17, 15) is 4.79 Å². The minimum atomic E-state index is -0.485. The summed E-state index contributed by atoms with van der Waals surface area (Å²) >= 11 is 0. The van der Waals surface area contributed by atoms with Crippen LogP contribution in [0.25, 0.3) is 11.4 Å². The Morgan fingerprint density at radius 1 is 1.14 bits per heavy atom. The van der Waals surface area contributed by atoms with E-state index in [2.05, 4.69) is 20.1 Å². The molecule has 29 heavy (non-hydrogen) atoms. The van der Waals surface area contributed by atoms with Crippen LogP contribution in [0.15, 0.2) is 36.9 Å². The van der Waals surface area contributed by atoms with E-state index in [1.165, 1.54) is 19.4 Å². The molecule has 0 N–H and O–H groups in total. The van der Waals surface area contributed by atoms with Crippen LogP contribution in [0, 0.1) is 0 Å². The summed E-state index contributed by atoms with van der Waals surface area (Å²) in [5, 5.41) is 4.35. The maximum Gasteiger partial charge on any atom is 0.216 e. The Labute approximate surface area is 168 Å². The third-order valence-electron chi connectivity index (χ3n) is 4.16. The van der Waals surface area contributed by atoms with Gasteiger partial charge >= 0.3 is 0 Å². The highest BCUT2D eigenvalue weighted by atomic mass is 16.7. The average Bonchev–Trinajstić information content (AvgIpc) is 3.23. The summed E-state index contributed by atoms with van der Waals surface area (Å²) in [5.74, 6) is 0.598. The van der Waals surface area contributed by atoms with Crippen LogP contribution in [0.1, 0.15) is 42.9 Å². The van der Waals surface area contributed by atoms with Gasteiger partial charge in [-0.3, -0.25) is 19.4 Å². The number of nitrogens with zero attached hydrogens (tertiary/aromatic N) is 5. The summed E-state index contributed by atoms with van der Waals surface area (Å²) < 4.78 is 18.2. The zero-order valence-electron chi connectivity index (χ0n) is 16.8. The predicted molar refractivity (Wildman–Crippen MR) is 105 cm³/mol. The van der Waals surface area contributed by atoms with Crippen molar-refractivity contribution in [2.45, 2.75) is 39.7 Å². The molecule has 0 saturated carbocycles. The van der Waals surface area contributed by atoms with Crippen molar-refractivity contribution in [1.29, 1.82) is 0 Å². The lowest BCUT2D eigenvalue weighted by Gasteiger charge is -2.15. The molecule has 0 fully saturated rings. The van der Waals surface area contributed by atoms with Gasteiger partial charge in [0.15, 0.2) is 12.6 Å². The van der Waals surface area contributed by atoms with E-state index < -0.39 is 6.29 Å². The molecule has 0 aliphatic carbocycles. The van der Waals surface area contributed by atoms with Gasteiger partial charge in [-0.05, 0) is 26.8 Å². The van der Waals surface area contributed by atoms with Crippen LogP contribution in [-0.2, 0) is 11.3 Å². The fourth-order valence-electron chi connectivity index (χ4n) is 2.68. The van der Waals surface area contributed by atoms with Crippen LogP contribution in [-0.4, -0.2) is 44.4 Å². The number of hydrogen-bond donors (Lipinski definition) is 0. The van der Waals surface area contributed by atoms with Crippen LogP contribution >= 0.6 is 0 Å². The first-order valence-electron chi connectivity index (χ1n) is 9.14. The number of ether oxygens (including phenoxy) is 3. The topological polar surface area (TPSA) is 101 Å². The molecule has 1 unspecified atom stereocenters. The maximum atomic E-state index is 11.5. The fraction of sp³-hybridized carbons (Fsp3) is 0.350. The average molecular weight is 397 g/mol. The number of pyridine rings is 1. The smallest absolute Gasteiger partial charge is 0.216 e. The van der Waals surface area contributed by atoms with E-state index >= 15 is 0 Å². The largest absolute Gasteiger partial charge is 0.485 e. The summed E-state index contributed by atoms with van der Waals surface area (Å²) in [4.78, 5) is 24.5. The molecule has 0 amide bonds. The Morgan fingerprint density at radius 3 is 2.66 bits per heavy atom. The molecule has 0 aromatic carbocycles. The lowest BCUT2D eigenvalue weighted by molar-refractivity contribution is -0.0410. The molecule has 9 heteroatoms. The Bertz CT molecular complexity index is 973. The summed E-state index contributed by atoms with van der Waals surface area (Å²) in [6, 6.07) is 3.56. The fourth-order valence-corrected chi connectivity index (χ4v) is 2.68. The second-order valence-electron chi connectivity index (χ2n) is 6.49. The molecule has 3 aromatic rings. The highest BCUT2D eigenvalue weighted by Crippen LogP contribution is 2.25. The molecule has 0 aliphatic rings. The third kappa shape index (κ3) is 4.75. The molecule has 3 heterocycles. The lowest BCUT2D eigenvalue weighted by Crippen LogP contribution is -2.14. The van der Waals surface area contributed by atoms with Gasteiger partial charge in [0.05, 0.1) is 17.5 Å². The zero-order chi connectivity index (χ0) is 20.8. The van der Waals surface area contributed by atoms with Crippen molar-refractivity contribution in [2.24, 2.45) is 0 Å². The van der Waals surface area contributed by atoms with Gasteiger partial charge in [-0.1, -0.05) is 0 Å². The molecule has 9 nitrogen and oxygen atoms in total. The van der Waals surface area contributed by atoms with Gasteiger partial charge < -0.3 is 14.2 Å². The lowest BCUT2D eigenvalue weighted by atomic mass is 10.2. The van der Waals surface area contributed by atoms with Crippen molar-refractivity contribution in [3.05, 3.63) is 48.2 Å². The zero-order valence-corrected chi connectivity index (χ0v) is 16.8. The number of carbonyl (C=O) groups is 1. The van der Waals surface area contributed by atoms with Gasteiger partial charge in [-0.15, -0.1) is 0 Å². The molecule has 0 bridgehead atoms. The van der Waals surface area contributed by atoms with Crippen molar-refractivity contribution in [1.82, 2.24) is 24.7 Å². The van der Waals surface area contributed by atoms with E-state index in [1.54, 1.807) is 25.5 Å². The van der Waals surface area contributed by atoms with Crippen molar-refractivity contribution in [3.63, 3.8) is 0 Å². The van der Waals surface area contributed by atoms with Gasteiger partial charge in [-0.2, -0.15) is 5.10 Å². The number of carbonyl (C=O) groups excluding carboxylic acids is 1. The van der Waals surface area contributed by atoms with E-state index in [4.69, 9.17) is 14.2 Å². The quantitative estimate of drug-likeness (QED) is 0.401. The summed E-state index contributed by atoms with van der Waals surface area (Å²) in [5.41, 5.74) is 2.46. The van der Waals surface area contributed by atoms with Crippen LogP contribution in [0.2, 0.25) is 0 Å². The Morgan fingerprint density at radius 2 is 1.93 bits per heavy atom. The SMILES string of the molecule is COC(C)Oc1cc(C=O)c(OCc2nccnc2-c2ccnn2C(C)C)cn1. The third-order valence-corrected chi connectivity index (χ3v) is 4.16. The highest BCUT2D eigenvalue weighted by Gasteiger charge is 2.16. The number of hydrogen-bond acceptors (Lipinski definition) is 8. The van der Waals surface area contributed by atoms with Crippen molar-refractivity contribution in [2.75, 3.05) is 7.11 Å². The van der Waals surface area contributed by atoms with Crippen molar-refractivity contribution < 1.29 is 19.0 Å². The van der Waals surface area contributed by atoms with Gasteiger partial charge in [0, 0.05) is 37.8 Å². The minimum absolute atomic E-state index is 0.115. The first-order valence-corrected chi connectivity index (χ1v) is 9.14. The van der Waals surface area contributed by atoms with Crippen molar-refractivity contribution in [3.8, 4) is 23.0 Å². The molecule has 152 valence electrons. The van der Waals surface area contributed by atoms with Gasteiger partial charge in [-0.25, -0.2) is 4.98 Å². The number of rotatable bonds is 9. The molecule has 0 aliphatic heterocycles. The molecular weight excluding hydrogens is 374 g/mol. The van der Waals surface area contributed by atoms with Gasteiger partial charge in [0.25, 0.3) is 0 Å². The van der Waals surface area contributed by atoms with Crippen LogP contribution < -0.4 is 9.47 Å². The predicted octanol–water partition coefficient (Wildman–Crippen LogP) is 3.08. The second kappa shape index (κ2) is 9.24. The van der Waals surface area contributed by atoms with E-state index in [1.807, 2.05) is 24.6 Å². The number of aromatic nitrogens is 5. The molecular formula is C20H23N5O4. The maximum absolute atomic E-state index is 11.5. The van der Waals surface area contributed by atoms with Crippen LogP contribution in [0.5, 0.6) is 11.6 Å². The standard InChI is InChI=1S/C20H23N5O4/c1-13(2)25-17(5-6-24-25)20-16(21-7-8-22-20)12-28-18-10-23-19(9-15(18)11-26)29-14(3)27-4/h5-11,13-14H,12H2,1-4H3. The molecule has 3 aromatic heterocycles. The van der Waals surface area contributed by atoms with Gasteiger partial charge in [0.1, 0.15) is 23.7 Å².